The number of furan rings is 1. The molecule has 0 bridgehead atoms. The Kier molecular flexibility index (Phi) is 7.02. The summed E-state index contributed by atoms with van der Waals surface area (Å²) in [4.78, 5) is 23.6. The molecule has 0 fully saturated rings. The molecule has 0 aliphatic heterocycles. The summed E-state index contributed by atoms with van der Waals surface area (Å²) in [5.41, 5.74) is 3.67. The van der Waals surface area contributed by atoms with Crippen molar-refractivity contribution in [1.82, 2.24) is 10.7 Å². The Morgan fingerprint density at radius 3 is 2.62 bits per heavy atom. The summed E-state index contributed by atoms with van der Waals surface area (Å²) in [6.45, 7) is 0.397. The number of carbonyl (C=O) groups is 2. The smallest absolute Gasteiger partial charge is 0.329 e. The van der Waals surface area contributed by atoms with Gasteiger partial charge in [0.1, 0.15) is 18.1 Å². The van der Waals surface area contributed by atoms with Crippen LogP contribution >= 0.6 is 11.6 Å². The molecule has 2 aromatic carbocycles. The second-order valence-electron chi connectivity index (χ2n) is 5.88. The van der Waals surface area contributed by atoms with E-state index >= 15 is 0 Å². The number of hydrogen-bond acceptors (Lipinski definition) is 5. The highest BCUT2D eigenvalue weighted by atomic mass is 35.5. The van der Waals surface area contributed by atoms with Gasteiger partial charge in [0.15, 0.2) is 0 Å². The van der Waals surface area contributed by atoms with Crippen LogP contribution in [-0.4, -0.2) is 18.0 Å². The molecule has 0 spiro atoms. The number of nitrogens with zero attached hydrogens (tertiary/aromatic N) is 1. The Morgan fingerprint density at radius 1 is 1.03 bits per heavy atom. The molecule has 0 aliphatic carbocycles. The van der Waals surface area contributed by atoms with Gasteiger partial charge in [-0.3, -0.25) is 9.59 Å². The molecule has 0 unspecified atom stereocenters. The zero-order chi connectivity index (χ0) is 20.5. The molecular weight excluding hydrogens is 394 g/mol. The van der Waals surface area contributed by atoms with E-state index in [2.05, 4.69) is 15.8 Å². The van der Waals surface area contributed by atoms with E-state index in [1.165, 1.54) is 12.5 Å². The van der Waals surface area contributed by atoms with E-state index in [-0.39, 0.29) is 13.2 Å². The van der Waals surface area contributed by atoms with Crippen LogP contribution in [0.1, 0.15) is 16.9 Å². The molecule has 3 rings (SSSR count). The number of carbonyl (C=O) groups excluding carboxylic acids is 2. The number of ether oxygens (including phenoxy) is 1. The maximum absolute atomic E-state index is 11.8. The van der Waals surface area contributed by atoms with Gasteiger partial charge in [0.25, 0.3) is 0 Å². The van der Waals surface area contributed by atoms with Gasteiger partial charge in [-0.15, -0.1) is 0 Å². The number of hydrazone groups is 1. The average molecular weight is 412 g/mol. The van der Waals surface area contributed by atoms with Crippen LogP contribution in [0.4, 0.5) is 0 Å². The summed E-state index contributed by atoms with van der Waals surface area (Å²) in [6.07, 6.45) is 2.89. The molecule has 2 amide bonds. The fourth-order valence-electron chi connectivity index (χ4n) is 2.36. The predicted octanol–water partition coefficient (Wildman–Crippen LogP) is 3.28. The molecule has 0 saturated carbocycles. The summed E-state index contributed by atoms with van der Waals surface area (Å²) in [5.74, 6) is -0.601. The summed E-state index contributed by atoms with van der Waals surface area (Å²) < 4.78 is 10.9. The van der Waals surface area contributed by atoms with Crippen molar-refractivity contribution in [3.8, 4) is 5.75 Å². The zero-order valence-corrected chi connectivity index (χ0v) is 16.1. The lowest BCUT2D eigenvalue weighted by atomic mass is 10.2. The number of para-hydroxylation sites is 1. The van der Waals surface area contributed by atoms with Crippen molar-refractivity contribution in [2.75, 3.05) is 0 Å². The Balaban J connectivity index is 1.54. The van der Waals surface area contributed by atoms with Crippen LogP contribution in [0, 0.1) is 0 Å². The van der Waals surface area contributed by atoms with Gasteiger partial charge in [-0.25, -0.2) is 5.43 Å². The highest BCUT2D eigenvalue weighted by Gasteiger charge is 2.12. The third kappa shape index (κ3) is 5.95. The molecule has 148 valence electrons. The van der Waals surface area contributed by atoms with Crippen molar-refractivity contribution in [3.63, 3.8) is 0 Å². The molecule has 0 aliphatic rings. The van der Waals surface area contributed by atoms with Gasteiger partial charge in [-0.05, 0) is 30.3 Å². The van der Waals surface area contributed by atoms with Gasteiger partial charge in [-0.2, -0.15) is 5.10 Å². The zero-order valence-electron chi connectivity index (χ0n) is 15.3. The van der Waals surface area contributed by atoms with Crippen molar-refractivity contribution in [3.05, 3.63) is 88.8 Å². The Hall–Kier alpha value is -3.58. The van der Waals surface area contributed by atoms with Crippen molar-refractivity contribution >= 4 is 29.6 Å². The minimum Gasteiger partial charge on any atom is -0.488 e. The first-order chi connectivity index (χ1) is 14.1. The van der Waals surface area contributed by atoms with Crippen LogP contribution < -0.4 is 15.5 Å². The molecule has 1 aromatic heterocycles. The maximum atomic E-state index is 11.8. The van der Waals surface area contributed by atoms with Crippen LogP contribution in [0.25, 0.3) is 0 Å². The highest BCUT2D eigenvalue weighted by molar-refractivity contribution is 6.35. The van der Waals surface area contributed by atoms with Crippen LogP contribution in [0.2, 0.25) is 5.02 Å². The molecule has 7 nitrogen and oxygen atoms in total. The molecule has 1 heterocycles. The summed E-state index contributed by atoms with van der Waals surface area (Å²) in [7, 11) is 0. The number of hydrogen-bond donors (Lipinski definition) is 2. The van der Waals surface area contributed by atoms with Gasteiger partial charge < -0.3 is 14.5 Å². The van der Waals surface area contributed by atoms with Crippen molar-refractivity contribution in [2.24, 2.45) is 5.10 Å². The van der Waals surface area contributed by atoms with E-state index < -0.39 is 11.8 Å². The Morgan fingerprint density at radius 2 is 1.83 bits per heavy atom. The van der Waals surface area contributed by atoms with Crippen molar-refractivity contribution in [1.29, 1.82) is 0 Å². The predicted molar refractivity (Wildman–Crippen MR) is 109 cm³/mol. The van der Waals surface area contributed by atoms with Gasteiger partial charge in [-0.1, -0.05) is 41.9 Å². The number of nitrogens with one attached hydrogen (secondary N) is 2. The number of halogens is 1. The van der Waals surface area contributed by atoms with E-state index in [4.69, 9.17) is 20.8 Å². The lowest BCUT2D eigenvalue weighted by Crippen LogP contribution is -2.37. The van der Waals surface area contributed by atoms with E-state index in [0.29, 0.717) is 22.1 Å². The lowest BCUT2D eigenvalue weighted by Gasteiger charge is -2.10. The minimum atomic E-state index is -0.887. The third-order valence-corrected chi connectivity index (χ3v) is 4.21. The van der Waals surface area contributed by atoms with E-state index in [9.17, 15) is 9.59 Å². The average Bonchev–Trinajstić information content (AvgIpc) is 3.26. The molecule has 29 heavy (non-hydrogen) atoms. The first-order valence-electron chi connectivity index (χ1n) is 8.72. The molecule has 0 atom stereocenters. The van der Waals surface area contributed by atoms with Gasteiger partial charge >= 0.3 is 11.8 Å². The summed E-state index contributed by atoms with van der Waals surface area (Å²) in [5, 5.41) is 6.88. The Labute approximate surface area is 172 Å². The molecule has 0 saturated heterocycles. The summed E-state index contributed by atoms with van der Waals surface area (Å²) >= 11 is 6.14. The minimum absolute atomic E-state index is 0.113. The highest BCUT2D eigenvalue weighted by Crippen LogP contribution is 2.20. The van der Waals surface area contributed by atoms with Crippen LogP contribution in [0.3, 0.4) is 0 Å². The normalized spacial score (nSPS) is 10.7. The fraction of sp³-hybridized carbons (Fsp3) is 0.0952. The maximum Gasteiger partial charge on any atom is 0.329 e. The van der Waals surface area contributed by atoms with Crippen LogP contribution in [0.5, 0.6) is 5.75 Å². The SMILES string of the molecule is O=C(NCc1ccco1)C(=O)N/N=C/c1ccccc1OCc1ccccc1Cl. The van der Waals surface area contributed by atoms with E-state index in [0.717, 1.165) is 5.56 Å². The fourth-order valence-corrected chi connectivity index (χ4v) is 2.55. The molecule has 0 radical (unpaired) electrons. The molecule has 8 heteroatoms. The van der Waals surface area contributed by atoms with Crippen molar-refractivity contribution < 1.29 is 18.7 Å². The largest absolute Gasteiger partial charge is 0.488 e. The molecule has 2 N–H and O–H groups in total. The van der Waals surface area contributed by atoms with E-state index in [1.807, 2.05) is 30.3 Å². The third-order valence-electron chi connectivity index (χ3n) is 3.84. The topological polar surface area (TPSA) is 92.9 Å². The lowest BCUT2D eigenvalue weighted by molar-refractivity contribution is -0.139. The standard InChI is InChI=1S/C21H18ClN3O4/c22-18-9-3-1-7-16(18)14-29-19-10-4-2-6-15(19)12-24-25-21(27)20(26)23-13-17-8-5-11-28-17/h1-12H,13-14H2,(H,23,26)(H,25,27)/b24-12+. The first kappa shape index (κ1) is 20.2. The van der Waals surface area contributed by atoms with Gasteiger partial charge in [0.05, 0.1) is 19.0 Å². The summed E-state index contributed by atoms with van der Waals surface area (Å²) in [6, 6.07) is 17.9. The van der Waals surface area contributed by atoms with Crippen LogP contribution in [0.15, 0.2) is 76.4 Å². The number of benzene rings is 2. The molecular formula is C21H18ClN3O4. The monoisotopic (exact) mass is 411 g/mol. The van der Waals surface area contributed by atoms with Crippen LogP contribution in [-0.2, 0) is 22.7 Å². The first-order valence-corrected chi connectivity index (χ1v) is 9.10. The molecule has 3 aromatic rings. The second-order valence-corrected chi connectivity index (χ2v) is 6.29. The number of amides is 2. The van der Waals surface area contributed by atoms with Gasteiger partial charge in [0.2, 0.25) is 0 Å². The quantitative estimate of drug-likeness (QED) is 0.354. The van der Waals surface area contributed by atoms with Gasteiger partial charge in [0, 0.05) is 16.1 Å². The van der Waals surface area contributed by atoms with Crippen molar-refractivity contribution in [2.45, 2.75) is 13.2 Å². The van der Waals surface area contributed by atoms with E-state index in [1.54, 1.807) is 30.3 Å². The number of rotatable bonds is 7. The second kappa shape index (κ2) is 10.1. The Bertz CT molecular complexity index is 1000.